The summed E-state index contributed by atoms with van der Waals surface area (Å²) in [5, 5.41) is 0. The van der Waals surface area contributed by atoms with Crippen molar-refractivity contribution in [2.75, 3.05) is 19.3 Å². The van der Waals surface area contributed by atoms with Crippen LogP contribution in [0, 0.1) is 5.92 Å². The zero-order valence-electron chi connectivity index (χ0n) is 12.0. The third-order valence-corrected chi connectivity index (χ3v) is 6.81. The Bertz CT molecular complexity index is 550. The van der Waals surface area contributed by atoms with Crippen LogP contribution in [0.15, 0.2) is 34.1 Å². The number of hydrogen-bond donors (Lipinski definition) is 1. The second kappa shape index (κ2) is 6.47. The van der Waals surface area contributed by atoms with Gasteiger partial charge in [0.15, 0.2) is 0 Å². The van der Waals surface area contributed by atoms with Crippen LogP contribution in [0.5, 0.6) is 0 Å². The molecule has 1 aromatic carbocycles. The lowest BCUT2D eigenvalue weighted by Crippen LogP contribution is -2.42. The molecule has 0 aliphatic carbocycles. The predicted molar refractivity (Wildman–Crippen MR) is 83.4 cm³/mol. The van der Waals surface area contributed by atoms with Gasteiger partial charge >= 0.3 is 0 Å². The van der Waals surface area contributed by atoms with Crippen LogP contribution >= 0.6 is 11.8 Å². The van der Waals surface area contributed by atoms with E-state index in [9.17, 15) is 8.42 Å². The van der Waals surface area contributed by atoms with E-state index in [1.54, 1.807) is 16.4 Å². The minimum atomic E-state index is -3.38. The maximum absolute atomic E-state index is 12.7. The van der Waals surface area contributed by atoms with Gasteiger partial charge in [-0.2, -0.15) is 4.31 Å². The maximum Gasteiger partial charge on any atom is 0.244 e. The molecule has 4 nitrogen and oxygen atoms in total. The summed E-state index contributed by atoms with van der Waals surface area (Å²) in [6, 6.07) is 7.33. The Kier molecular flexibility index (Phi) is 5.12. The minimum absolute atomic E-state index is 0.137. The molecule has 1 aromatic rings. The fourth-order valence-electron chi connectivity index (χ4n) is 2.61. The van der Waals surface area contributed by atoms with Gasteiger partial charge in [-0.05, 0) is 44.1 Å². The zero-order valence-corrected chi connectivity index (χ0v) is 13.6. The van der Waals surface area contributed by atoms with Crippen molar-refractivity contribution in [1.82, 2.24) is 4.31 Å². The summed E-state index contributed by atoms with van der Waals surface area (Å²) >= 11 is 1.47. The first-order valence-electron chi connectivity index (χ1n) is 6.85. The minimum Gasteiger partial charge on any atom is -0.328 e. The summed E-state index contributed by atoms with van der Waals surface area (Å²) in [4.78, 5) is 1.23. The summed E-state index contributed by atoms with van der Waals surface area (Å²) in [6.07, 6.45) is 3.59. The van der Waals surface area contributed by atoms with Crippen LogP contribution in [-0.2, 0) is 10.0 Å². The van der Waals surface area contributed by atoms with Crippen molar-refractivity contribution in [2.45, 2.75) is 35.6 Å². The number of thioether (sulfide) groups is 1. The molecule has 1 atom stereocenters. The second-order valence-electron chi connectivity index (χ2n) is 5.25. The highest BCUT2D eigenvalue weighted by molar-refractivity contribution is 7.99. The van der Waals surface area contributed by atoms with Crippen molar-refractivity contribution < 1.29 is 8.42 Å². The molecule has 0 radical (unpaired) electrons. The van der Waals surface area contributed by atoms with Gasteiger partial charge in [0.05, 0.1) is 4.90 Å². The number of hydrogen-bond acceptors (Lipinski definition) is 4. The molecule has 1 aliphatic rings. The average molecular weight is 314 g/mol. The fraction of sp³-hybridized carbons (Fsp3) is 0.571. The molecule has 1 fully saturated rings. The van der Waals surface area contributed by atoms with E-state index >= 15 is 0 Å². The van der Waals surface area contributed by atoms with Crippen LogP contribution in [0.4, 0.5) is 0 Å². The second-order valence-corrected chi connectivity index (χ2v) is 8.01. The monoisotopic (exact) mass is 314 g/mol. The molecule has 0 amide bonds. The number of nitrogens with zero attached hydrogens (tertiary/aromatic N) is 1. The molecule has 2 N–H and O–H groups in total. The van der Waals surface area contributed by atoms with Gasteiger partial charge < -0.3 is 5.73 Å². The largest absolute Gasteiger partial charge is 0.328 e. The Morgan fingerprint density at radius 3 is 2.45 bits per heavy atom. The van der Waals surface area contributed by atoms with Gasteiger partial charge in [0.25, 0.3) is 0 Å². The Morgan fingerprint density at radius 1 is 1.30 bits per heavy atom. The number of sulfonamides is 1. The molecule has 0 spiro atoms. The van der Waals surface area contributed by atoms with Crippen LogP contribution in [0.3, 0.4) is 0 Å². The lowest BCUT2D eigenvalue weighted by atomic mass is 9.92. The quantitative estimate of drug-likeness (QED) is 0.865. The summed E-state index contributed by atoms with van der Waals surface area (Å²) in [5.41, 5.74) is 5.91. The number of nitrogens with two attached hydrogens (primary N) is 1. The summed E-state index contributed by atoms with van der Waals surface area (Å²) in [5.74, 6) is 0.428. The molecule has 6 heteroatoms. The highest BCUT2D eigenvalue weighted by atomic mass is 32.2. The van der Waals surface area contributed by atoms with E-state index in [1.807, 2.05) is 25.3 Å². The molecule has 0 saturated carbocycles. The molecule has 112 valence electrons. The molecule has 1 saturated heterocycles. The van der Waals surface area contributed by atoms with Gasteiger partial charge in [-0.1, -0.05) is 12.1 Å². The molecular formula is C14H22N2O2S2. The third kappa shape index (κ3) is 3.19. The van der Waals surface area contributed by atoms with E-state index in [-0.39, 0.29) is 6.04 Å². The number of piperidine rings is 1. The van der Waals surface area contributed by atoms with E-state index in [0.29, 0.717) is 23.9 Å². The average Bonchev–Trinajstić information content (AvgIpc) is 2.47. The Morgan fingerprint density at radius 2 is 1.90 bits per heavy atom. The molecule has 0 aromatic heterocycles. The number of benzene rings is 1. The van der Waals surface area contributed by atoms with Crippen LogP contribution in [-0.4, -0.2) is 38.1 Å². The van der Waals surface area contributed by atoms with Gasteiger partial charge in [0.2, 0.25) is 10.0 Å². The van der Waals surface area contributed by atoms with Crippen molar-refractivity contribution in [1.29, 1.82) is 0 Å². The Balaban J connectivity index is 2.20. The highest BCUT2D eigenvalue weighted by Gasteiger charge is 2.31. The zero-order chi connectivity index (χ0) is 14.8. The van der Waals surface area contributed by atoms with E-state index < -0.39 is 10.0 Å². The van der Waals surface area contributed by atoms with Gasteiger partial charge in [-0.15, -0.1) is 11.8 Å². The molecule has 20 heavy (non-hydrogen) atoms. The summed E-state index contributed by atoms with van der Waals surface area (Å²) in [6.45, 7) is 3.13. The van der Waals surface area contributed by atoms with E-state index in [1.165, 1.54) is 11.8 Å². The van der Waals surface area contributed by atoms with E-state index in [2.05, 4.69) is 0 Å². The van der Waals surface area contributed by atoms with Gasteiger partial charge in [-0.3, -0.25) is 0 Å². The first-order chi connectivity index (χ1) is 9.46. The van der Waals surface area contributed by atoms with Crippen LogP contribution in [0.2, 0.25) is 0 Å². The van der Waals surface area contributed by atoms with Gasteiger partial charge in [-0.25, -0.2) is 8.42 Å². The first kappa shape index (κ1) is 15.8. The van der Waals surface area contributed by atoms with Crippen molar-refractivity contribution in [2.24, 2.45) is 11.7 Å². The normalized spacial score (nSPS) is 19.9. The maximum atomic E-state index is 12.7. The van der Waals surface area contributed by atoms with Crippen LogP contribution in [0.1, 0.15) is 19.8 Å². The van der Waals surface area contributed by atoms with E-state index in [4.69, 9.17) is 5.73 Å². The topological polar surface area (TPSA) is 63.4 Å². The molecule has 2 rings (SSSR count). The van der Waals surface area contributed by atoms with Crippen molar-refractivity contribution in [3.05, 3.63) is 24.3 Å². The number of rotatable bonds is 4. The lowest BCUT2D eigenvalue weighted by Gasteiger charge is -2.33. The summed E-state index contributed by atoms with van der Waals surface area (Å²) in [7, 11) is -3.38. The molecule has 1 aliphatic heterocycles. The first-order valence-corrected chi connectivity index (χ1v) is 9.52. The van der Waals surface area contributed by atoms with Crippen molar-refractivity contribution in [3.8, 4) is 0 Å². The predicted octanol–water partition coefficient (Wildman–Crippen LogP) is 2.16. The third-order valence-electron chi connectivity index (χ3n) is 3.93. The standard InChI is InChI=1S/C14H22N2O2S2/c1-11(15)12-7-9-16(10-8-12)20(17,18)14-6-4-3-5-13(14)19-2/h3-6,11-12H,7-10,15H2,1-2H3. The molecule has 1 unspecified atom stereocenters. The highest BCUT2D eigenvalue weighted by Crippen LogP contribution is 2.30. The lowest BCUT2D eigenvalue weighted by molar-refractivity contribution is 0.250. The summed E-state index contributed by atoms with van der Waals surface area (Å²) < 4.78 is 27.0. The van der Waals surface area contributed by atoms with Crippen molar-refractivity contribution >= 4 is 21.8 Å². The smallest absolute Gasteiger partial charge is 0.244 e. The Labute approximate surface area is 125 Å². The Hall–Kier alpha value is -0.560. The molecule has 1 heterocycles. The van der Waals surface area contributed by atoms with Gasteiger partial charge in [0.1, 0.15) is 0 Å². The van der Waals surface area contributed by atoms with E-state index in [0.717, 1.165) is 17.7 Å². The van der Waals surface area contributed by atoms with Crippen LogP contribution < -0.4 is 5.73 Å². The molecule has 0 bridgehead atoms. The van der Waals surface area contributed by atoms with Crippen molar-refractivity contribution in [3.63, 3.8) is 0 Å². The van der Waals surface area contributed by atoms with Gasteiger partial charge in [0, 0.05) is 24.0 Å². The fourth-order valence-corrected chi connectivity index (χ4v) is 5.21. The molecular weight excluding hydrogens is 292 g/mol. The van der Waals surface area contributed by atoms with Crippen LogP contribution in [0.25, 0.3) is 0 Å². The SMILES string of the molecule is CSc1ccccc1S(=O)(=O)N1CCC(C(C)N)CC1.